The highest BCUT2D eigenvalue weighted by Crippen LogP contribution is 2.38. The molecule has 10 heteroatoms. The number of carbonyl (C=O) groups is 1. The summed E-state index contributed by atoms with van der Waals surface area (Å²) in [5.74, 6) is 0. The van der Waals surface area contributed by atoms with Crippen molar-refractivity contribution >= 4 is 29.6 Å². The molecule has 0 atom stereocenters. The lowest BCUT2D eigenvalue weighted by Gasteiger charge is -2.31. The van der Waals surface area contributed by atoms with Crippen molar-refractivity contribution in [1.82, 2.24) is 24.6 Å². The van der Waals surface area contributed by atoms with Gasteiger partial charge in [0.25, 0.3) is 0 Å². The molecule has 1 aliphatic heterocycles. The number of nitrogens with zero attached hydrogens (tertiary/aromatic N) is 6. The first-order valence-corrected chi connectivity index (χ1v) is 14.9. The predicted octanol–water partition coefficient (Wildman–Crippen LogP) is 6.04. The van der Waals surface area contributed by atoms with E-state index in [1.807, 2.05) is 57.9 Å². The van der Waals surface area contributed by atoms with Gasteiger partial charge in [0.05, 0.1) is 23.5 Å². The minimum absolute atomic E-state index is 0.314. The molecule has 3 aromatic heterocycles. The van der Waals surface area contributed by atoms with E-state index in [1.54, 1.807) is 27.5 Å². The normalized spacial score (nSPS) is 15.5. The molecule has 1 saturated carbocycles. The standard InChI is InChI=1S/C28H32N6O2S2/c1-28(2,3)36-27(35)34-11-9-23-19(16-34)12-18(15-30-23)24-13-21(25-8-10-31-33(25)4)22(14-29)26(32-24)38-17-37-20-6-5-7-20/h8,10,12-13,15,20H,5-7,9,11,16-17H2,1-4H3. The third-order valence-electron chi connectivity index (χ3n) is 6.73. The number of aryl methyl sites for hydroxylation is 1. The number of rotatable bonds is 6. The number of thioether (sulfide) groups is 2. The summed E-state index contributed by atoms with van der Waals surface area (Å²) in [4.78, 5) is 24.1. The summed E-state index contributed by atoms with van der Waals surface area (Å²) in [5, 5.41) is 16.8. The Balaban J connectivity index is 1.48. The van der Waals surface area contributed by atoms with Crippen LogP contribution in [0, 0.1) is 11.3 Å². The average molecular weight is 549 g/mol. The first kappa shape index (κ1) is 26.6. The van der Waals surface area contributed by atoms with E-state index >= 15 is 0 Å². The van der Waals surface area contributed by atoms with Crippen LogP contribution < -0.4 is 0 Å². The lowest BCUT2D eigenvalue weighted by molar-refractivity contribution is 0.0223. The van der Waals surface area contributed by atoms with Gasteiger partial charge in [0.1, 0.15) is 16.7 Å². The van der Waals surface area contributed by atoms with Gasteiger partial charge in [-0.15, -0.1) is 11.8 Å². The van der Waals surface area contributed by atoms with Crippen LogP contribution >= 0.6 is 23.5 Å². The van der Waals surface area contributed by atoms with Crippen LogP contribution in [0.1, 0.15) is 56.9 Å². The quantitative estimate of drug-likeness (QED) is 0.272. The van der Waals surface area contributed by atoms with Gasteiger partial charge < -0.3 is 9.64 Å². The Morgan fingerprint density at radius 2 is 2.11 bits per heavy atom. The minimum Gasteiger partial charge on any atom is -0.444 e. The summed E-state index contributed by atoms with van der Waals surface area (Å²) in [6.07, 6.45) is 7.79. The molecule has 198 valence electrons. The van der Waals surface area contributed by atoms with Gasteiger partial charge in [-0.3, -0.25) is 9.67 Å². The molecule has 0 bridgehead atoms. The molecule has 1 aliphatic carbocycles. The largest absolute Gasteiger partial charge is 0.444 e. The molecule has 0 aromatic carbocycles. The summed E-state index contributed by atoms with van der Waals surface area (Å²) >= 11 is 3.57. The van der Waals surface area contributed by atoms with Gasteiger partial charge >= 0.3 is 6.09 Å². The van der Waals surface area contributed by atoms with Crippen LogP contribution in [0.15, 0.2) is 35.6 Å². The van der Waals surface area contributed by atoms with Crippen molar-refractivity contribution in [3.05, 3.63) is 47.4 Å². The number of hydrogen-bond acceptors (Lipinski definition) is 8. The molecule has 0 unspecified atom stereocenters. The van der Waals surface area contributed by atoms with Crippen molar-refractivity contribution in [3.63, 3.8) is 0 Å². The number of aromatic nitrogens is 4. The summed E-state index contributed by atoms with van der Waals surface area (Å²) in [5.41, 5.74) is 5.28. The number of pyridine rings is 2. The van der Waals surface area contributed by atoms with E-state index in [0.717, 1.165) is 43.9 Å². The van der Waals surface area contributed by atoms with Crippen molar-refractivity contribution in [2.24, 2.45) is 7.05 Å². The zero-order valence-corrected chi connectivity index (χ0v) is 23.9. The molecular weight excluding hydrogens is 516 g/mol. The van der Waals surface area contributed by atoms with E-state index in [9.17, 15) is 10.1 Å². The van der Waals surface area contributed by atoms with Gasteiger partial charge in [0.15, 0.2) is 0 Å². The molecule has 0 N–H and O–H groups in total. The summed E-state index contributed by atoms with van der Waals surface area (Å²) in [6.45, 7) is 6.64. The van der Waals surface area contributed by atoms with Crippen LogP contribution in [-0.2, 0) is 24.8 Å². The average Bonchev–Trinajstić information content (AvgIpc) is 3.28. The zero-order chi connectivity index (χ0) is 26.9. The van der Waals surface area contributed by atoms with Gasteiger partial charge in [-0.05, 0) is 57.4 Å². The van der Waals surface area contributed by atoms with Gasteiger partial charge in [0.2, 0.25) is 0 Å². The molecule has 4 heterocycles. The summed E-state index contributed by atoms with van der Waals surface area (Å²) < 4.78 is 7.37. The molecular formula is C28H32N6O2S2. The Labute approximate surface area is 232 Å². The van der Waals surface area contributed by atoms with Crippen molar-refractivity contribution in [2.75, 3.05) is 11.6 Å². The number of ether oxygens (including phenoxy) is 1. The van der Waals surface area contributed by atoms with Gasteiger partial charge in [-0.25, -0.2) is 9.78 Å². The monoisotopic (exact) mass is 548 g/mol. The van der Waals surface area contributed by atoms with E-state index in [2.05, 4.69) is 17.2 Å². The van der Waals surface area contributed by atoms with E-state index in [1.165, 1.54) is 19.3 Å². The topological polar surface area (TPSA) is 96.9 Å². The third-order valence-corrected chi connectivity index (χ3v) is 9.26. The second-order valence-corrected chi connectivity index (χ2v) is 13.3. The van der Waals surface area contributed by atoms with Crippen LogP contribution in [0.5, 0.6) is 0 Å². The highest BCUT2D eigenvalue weighted by Gasteiger charge is 2.27. The van der Waals surface area contributed by atoms with Crippen molar-refractivity contribution in [2.45, 2.75) is 68.9 Å². The zero-order valence-electron chi connectivity index (χ0n) is 22.2. The highest BCUT2D eigenvalue weighted by atomic mass is 32.2. The number of hydrogen-bond donors (Lipinski definition) is 0. The fourth-order valence-corrected chi connectivity index (χ4v) is 7.11. The Bertz CT molecular complexity index is 1390. The Kier molecular flexibility index (Phi) is 7.68. The van der Waals surface area contributed by atoms with Crippen molar-refractivity contribution < 1.29 is 9.53 Å². The maximum atomic E-state index is 12.7. The fraction of sp³-hybridized carbons (Fsp3) is 0.464. The SMILES string of the molecule is Cn1nccc1-c1cc(-c2cnc3c(c2)CN(C(=O)OC(C)(C)C)CC3)nc(SCSC2CCC2)c1C#N. The molecule has 3 aromatic rings. The van der Waals surface area contributed by atoms with Crippen LogP contribution in [0.2, 0.25) is 0 Å². The van der Waals surface area contributed by atoms with Crippen LogP contribution in [0.25, 0.3) is 22.5 Å². The smallest absolute Gasteiger partial charge is 0.410 e. The second kappa shape index (κ2) is 11.0. The fourth-order valence-electron chi connectivity index (χ4n) is 4.49. The van der Waals surface area contributed by atoms with Gasteiger partial charge in [-0.1, -0.05) is 18.2 Å². The number of nitriles is 1. The van der Waals surface area contributed by atoms with Crippen LogP contribution in [-0.4, -0.2) is 53.2 Å². The van der Waals surface area contributed by atoms with E-state index < -0.39 is 5.60 Å². The Morgan fingerprint density at radius 1 is 1.29 bits per heavy atom. The van der Waals surface area contributed by atoms with E-state index in [0.29, 0.717) is 30.3 Å². The molecule has 8 nitrogen and oxygen atoms in total. The van der Waals surface area contributed by atoms with Crippen molar-refractivity contribution in [3.8, 4) is 28.6 Å². The molecule has 2 aliphatic rings. The summed E-state index contributed by atoms with van der Waals surface area (Å²) in [7, 11) is 1.88. The number of fused-ring (bicyclic) bond motifs is 1. The Morgan fingerprint density at radius 3 is 2.76 bits per heavy atom. The second-order valence-electron chi connectivity index (χ2n) is 10.7. The molecule has 38 heavy (non-hydrogen) atoms. The van der Waals surface area contributed by atoms with Gasteiger partial charge in [-0.2, -0.15) is 10.4 Å². The minimum atomic E-state index is -0.545. The first-order valence-electron chi connectivity index (χ1n) is 12.9. The predicted molar refractivity (Wildman–Crippen MR) is 151 cm³/mol. The first-order chi connectivity index (χ1) is 18.2. The molecule has 5 rings (SSSR count). The molecule has 1 fully saturated rings. The van der Waals surface area contributed by atoms with Crippen molar-refractivity contribution in [1.29, 1.82) is 5.26 Å². The van der Waals surface area contributed by atoms with Gasteiger partial charge in [0, 0.05) is 59.6 Å². The Hall–Kier alpha value is -3.03. The highest BCUT2D eigenvalue weighted by molar-refractivity contribution is 8.16. The maximum absolute atomic E-state index is 12.7. The maximum Gasteiger partial charge on any atom is 0.410 e. The molecule has 0 saturated heterocycles. The van der Waals surface area contributed by atoms with Crippen LogP contribution in [0.4, 0.5) is 4.79 Å². The number of carbonyl (C=O) groups excluding carboxylic acids is 1. The van der Waals surface area contributed by atoms with E-state index in [4.69, 9.17) is 14.7 Å². The molecule has 0 spiro atoms. The lowest BCUT2D eigenvalue weighted by Crippen LogP contribution is -2.40. The molecule has 1 amide bonds. The van der Waals surface area contributed by atoms with Crippen LogP contribution in [0.3, 0.4) is 0 Å². The third kappa shape index (κ3) is 5.84. The molecule has 0 radical (unpaired) electrons. The number of amides is 1. The van der Waals surface area contributed by atoms with E-state index in [-0.39, 0.29) is 6.09 Å². The summed E-state index contributed by atoms with van der Waals surface area (Å²) in [6, 6.07) is 8.34. The lowest BCUT2D eigenvalue weighted by atomic mass is 10.0.